The fraction of sp³-hybridized carbons (Fsp3) is 0.909. The third kappa shape index (κ3) is 4.93. The Labute approximate surface area is 98.9 Å². The van der Waals surface area contributed by atoms with Crippen LogP contribution in [0, 0.1) is 11.8 Å². The molecule has 1 amide bonds. The summed E-state index contributed by atoms with van der Waals surface area (Å²) in [6.07, 6.45) is -3.05. The highest BCUT2D eigenvalue weighted by atomic mass is 19.4. The minimum absolute atomic E-state index is 0.0258. The van der Waals surface area contributed by atoms with Crippen LogP contribution >= 0.6 is 0 Å². The highest BCUT2D eigenvalue weighted by Gasteiger charge is 2.31. The van der Waals surface area contributed by atoms with E-state index in [0.29, 0.717) is 18.8 Å². The van der Waals surface area contributed by atoms with Gasteiger partial charge in [-0.1, -0.05) is 6.92 Å². The van der Waals surface area contributed by atoms with E-state index in [1.54, 1.807) is 0 Å². The fourth-order valence-corrected chi connectivity index (χ4v) is 2.07. The van der Waals surface area contributed by atoms with Gasteiger partial charge in [-0.05, 0) is 25.2 Å². The van der Waals surface area contributed by atoms with Gasteiger partial charge < -0.3 is 11.1 Å². The molecule has 1 aliphatic rings. The molecule has 100 valence electrons. The first-order chi connectivity index (χ1) is 7.79. The van der Waals surface area contributed by atoms with Crippen LogP contribution in [0.2, 0.25) is 0 Å². The number of halogens is 3. The number of carbonyl (C=O) groups is 1. The molecule has 1 fully saturated rings. The molecule has 6 heteroatoms. The molecule has 1 rings (SSSR count). The SMILES string of the molecule is CC1CCC(C(=O)NCCC(F)(F)F)CC1N. The molecule has 3 nitrogen and oxygen atoms in total. The summed E-state index contributed by atoms with van der Waals surface area (Å²) in [5.41, 5.74) is 5.84. The molecule has 0 saturated heterocycles. The Balaban J connectivity index is 2.29. The summed E-state index contributed by atoms with van der Waals surface area (Å²) in [6, 6.07) is -0.0258. The number of alkyl halides is 3. The Morgan fingerprint density at radius 2 is 2.06 bits per heavy atom. The van der Waals surface area contributed by atoms with Crippen molar-refractivity contribution in [3.05, 3.63) is 0 Å². The predicted octanol–water partition coefficient (Wildman–Crippen LogP) is 1.82. The Kier molecular flexibility index (Phi) is 4.80. The Hall–Kier alpha value is -0.780. The summed E-state index contributed by atoms with van der Waals surface area (Å²) in [5, 5.41) is 2.33. The van der Waals surface area contributed by atoms with Gasteiger partial charge in [0.2, 0.25) is 5.91 Å². The summed E-state index contributed by atoms with van der Waals surface area (Å²) in [4.78, 5) is 11.6. The van der Waals surface area contributed by atoms with Gasteiger partial charge in [-0.15, -0.1) is 0 Å². The molecular weight excluding hydrogens is 233 g/mol. The lowest BCUT2D eigenvalue weighted by Crippen LogP contribution is -2.42. The van der Waals surface area contributed by atoms with Gasteiger partial charge >= 0.3 is 6.18 Å². The van der Waals surface area contributed by atoms with Crippen LogP contribution in [0.4, 0.5) is 13.2 Å². The Morgan fingerprint density at radius 1 is 1.41 bits per heavy atom. The van der Waals surface area contributed by atoms with E-state index in [0.717, 1.165) is 6.42 Å². The second-order valence-electron chi connectivity index (χ2n) is 4.81. The molecule has 3 N–H and O–H groups in total. The van der Waals surface area contributed by atoms with Crippen LogP contribution < -0.4 is 11.1 Å². The van der Waals surface area contributed by atoms with E-state index in [2.05, 4.69) is 5.32 Å². The van der Waals surface area contributed by atoms with Gasteiger partial charge in [0.1, 0.15) is 0 Å². The third-order valence-corrected chi connectivity index (χ3v) is 3.34. The average molecular weight is 252 g/mol. The first kappa shape index (κ1) is 14.3. The number of nitrogens with two attached hydrogens (primary N) is 1. The van der Waals surface area contributed by atoms with Crippen molar-refractivity contribution < 1.29 is 18.0 Å². The topological polar surface area (TPSA) is 55.1 Å². The first-order valence-corrected chi connectivity index (χ1v) is 5.89. The lowest BCUT2D eigenvalue weighted by atomic mass is 9.79. The maximum Gasteiger partial charge on any atom is 0.390 e. The molecule has 0 spiro atoms. The van der Waals surface area contributed by atoms with E-state index in [1.165, 1.54) is 0 Å². The van der Waals surface area contributed by atoms with Crippen molar-refractivity contribution in [1.29, 1.82) is 0 Å². The second-order valence-corrected chi connectivity index (χ2v) is 4.81. The van der Waals surface area contributed by atoms with Crippen LogP contribution in [0.25, 0.3) is 0 Å². The minimum Gasteiger partial charge on any atom is -0.356 e. The predicted molar refractivity (Wildman–Crippen MR) is 58.2 cm³/mol. The molecular formula is C11H19F3N2O. The van der Waals surface area contributed by atoms with Crippen LogP contribution in [-0.2, 0) is 4.79 Å². The number of carbonyl (C=O) groups excluding carboxylic acids is 1. The normalized spacial score (nSPS) is 30.1. The van der Waals surface area contributed by atoms with Crippen molar-refractivity contribution in [2.24, 2.45) is 17.6 Å². The second kappa shape index (κ2) is 5.71. The van der Waals surface area contributed by atoms with Gasteiger partial charge in [0.15, 0.2) is 0 Å². The number of amides is 1. The number of rotatable bonds is 3. The lowest BCUT2D eigenvalue weighted by molar-refractivity contribution is -0.137. The number of nitrogens with one attached hydrogen (secondary N) is 1. The Bertz CT molecular complexity index is 268. The zero-order chi connectivity index (χ0) is 13.1. The molecule has 17 heavy (non-hydrogen) atoms. The summed E-state index contributed by atoms with van der Waals surface area (Å²) >= 11 is 0. The smallest absolute Gasteiger partial charge is 0.356 e. The van der Waals surface area contributed by atoms with Crippen molar-refractivity contribution in [2.75, 3.05) is 6.54 Å². The molecule has 0 bridgehead atoms. The van der Waals surface area contributed by atoms with E-state index >= 15 is 0 Å². The summed E-state index contributed by atoms with van der Waals surface area (Å²) in [5.74, 6) is -0.139. The van der Waals surface area contributed by atoms with Crippen molar-refractivity contribution in [3.8, 4) is 0 Å². The van der Waals surface area contributed by atoms with Gasteiger partial charge in [0, 0.05) is 18.5 Å². The maximum absolute atomic E-state index is 11.9. The summed E-state index contributed by atoms with van der Waals surface area (Å²) < 4.78 is 35.7. The lowest BCUT2D eigenvalue weighted by Gasteiger charge is -2.31. The molecule has 0 aromatic rings. The van der Waals surface area contributed by atoms with E-state index in [4.69, 9.17) is 5.73 Å². The molecule has 1 saturated carbocycles. The van der Waals surface area contributed by atoms with Crippen LogP contribution in [-0.4, -0.2) is 24.7 Å². The zero-order valence-electron chi connectivity index (χ0n) is 9.89. The number of hydrogen-bond acceptors (Lipinski definition) is 2. The molecule has 3 unspecified atom stereocenters. The van der Waals surface area contributed by atoms with E-state index < -0.39 is 12.6 Å². The van der Waals surface area contributed by atoms with Crippen molar-refractivity contribution in [2.45, 2.75) is 44.8 Å². The molecule has 0 aromatic heterocycles. The fourth-order valence-electron chi connectivity index (χ4n) is 2.07. The molecule has 0 heterocycles. The summed E-state index contributed by atoms with van der Waals surface area (Å²) in [6.45, 7) is 1.69. The summed E-state index contributed by atoms with van der Waals surface area (Å²) in [7, 11) is 0. The zero-order valence-corrected chi connectivity index (χ0v) is 9.89. The highest BCUT2D eigenvalue weighted by molar-refractivity contribution is 5.78. The van der Waals surface area contributed by atoms with E-state index in [9.17, 15) is 18.0 Å². The van der Waals surface area contributed by atoms with E-state index in [1.807, 2.05) is 6.92 Å². The third-order valence-electron chi connectivity index (χ3n) is 3.34. The minimum atomic E-state index is -4.22. The molecule has 0 aliphatic heterocycles. The quantitative estimate of drug-likeness (QED) is 0.805. The van der Waals surface area contributed by atoms with Gasteiger partial charge in [0.05, 0.1) is 6.42 Å². The van der Waals surface area contributed by atoms with Gasteiger partial charge in [0.25, 0.3) is 0 Å². The van der Waals surface area contributed by atoms with Crippen LogP contribution in [0.3, 0.4) is 0 Å². The maximum atomic E-state index is 11.9. The van der Waals surface area contributed by atoms with Gasteiger partial charge in [-0.3, -0.25) is 4.79 Å². The number of hydrogen-bond donors (Lipinski definition) is 2. The van der Waals surface area contributed by atoms with Crippen LogP contribution in [0.15, 0.2) is 0 Å². The van der Waals surface area contributed by atoms with E-state index in [-0.39, 0.29) is 24.4 Å². The van der Waals surface area contributed by atoms with Crippen molar-refractivity contribution in [3.63, 3.8) is 0 Å². The Morgan fingerprint density at radius 3 is 2.59 bits per heavy atom. The monoisotopic (exact) mass is 252 g/mol. The largest absolute Gasteiger partial charge is 0.390 e. The molecule has 0 aromatic carbocycles. The highest BCUT2D eigenvalue weighted by Crippen LogP contribution is 2.27. The standard InChI is InChI=1S/C11H19F3N2O/c1-7-2-3-8(6-9(7)15)10(17)16-5-4-11(12,13)14/h7-9H,2-6,15H2,1H3,(H,16,17). The van der Waals surface area contributed by atoms with Crippen LogP contribution in [0.1, 0.15) is 32.6 Å². The van der Waals surface area contributed by atoms with Gasteiger partial charge in [-0.2, -0.15) is 13.2 Å². The first-order valence-electron chi connectivity index (χ1n) is 5.89. The van der Waals surface area contributed by atoms with Crippen molar-refractivity contribution >= 4 is 5.91 Å². The molecule has 3 atom stereocenters. The van der Waals surface area contributed by atoms with Crippen molar-refractivity contribution in [1.82, 2.24) is 5.32 Å². The average Bonchev–Trinajstić information content (AvgIpc) is 2.20. The molecule has 0 radical (unpaired) electrons. The molecule has 1 aliphatic carbocycles. The van der Waals surface area contributed by atoms with Crippen LogP contribution in [0.5, 0.6) is 0 Å². The van der Waals surface area contributed by atoms with Gasteiger partial charge in [-0.25, -0.2) is 0 Å².